The van der Waals surface area contributed by atoms with Gasteiger partial charge in [-0.3, -0.25) is 4.68 Å². The topological polar surface area (TPSA) is 60.6 Å². The second-order valence-corrected chi connectivity index (χ2v) is 4.61. The molecule has 0 amide bonds. The van der Waals surface area contributed by atoms with Gasteiger partial charge in [0.15, 0.2) is 0 Å². The Morgan fingerprint density at radius 1 is 0.950 bits per heavy atom. The molecule has 1 N–H and O–H groups in total. The molecular formula is C14H16N6. The van der Waals surface area contributed by atoms with Gasteiger partial charge in [0.1, 0.15) is 0 Å². The van der Waals surface area contributed by atoms with E-state index in [4.69, 9.17) is 0 Å². The SMILES string of the molecule is CC(Nc1ccc(-n2nccn2)cc1)c1ccnn1C. The summed E-state index contributed by atoms with van der Waals surface area (Å²) >= 11 is 0. The van der Waals surface area contributed by atoms with Gasteiger partial charge in [0.25, 0.3) is 0 Å². The second kappa shape index (κ2) is 5.16. The molecule has 0 radical (unpaired) electrons. The molecule has 102 valence electrons. The van der Waals surface area contributed by atoms with Crippen molar-refractivity contribution < 1.29 is 0 Å². The van der Waals surface area contributed by atoms with Crippen LogP contribution in [0.1, 0.15) is 18.7 Å². The number of rotatable bonds is 4. The number of aromatic nitrogens is 5. The lowest BCUT2D eigenvalue weighted by Crippen LogP contribution is -2.11. The zero-order valence-corrected chi connectivity index (χ0v) is 11.4. The van der Waals surface area contributed by atoms with E-state index in [0.29, 0.717) is 0 Å². The van der Waals surface area contributed by atoms with Crippen LogP contribution in [0.15, 0.2) is 48.9 Å². The van der Waals surface area contributed by atoms with Crippen LogP contribution in [0.2, 0.25) is 0 Å². The minimum atomic E-state index is 0.191. The summed E-state index contributed by atoms with van der Waals surface area (Å²) in [5.41, 5.74) is 3.13. The van der Waals surface area contributed by atoms with Gasteiger partial charge in [-0.2, -0.15) is 20.1 Å². The maximum Gasteiger partial charge on any atom is 0.0858 e. The molecule has 6 heteroatoms. The number of benzene rings is 1. The van der Waals surface area contributed by atoms with Gasteiger partial charge in [-0.1, -0.05) is 0 Å². The zero-order chi connectivity index (χ0) is 13.9. The monoisotopic (exact) mass is 268 g/mol. The molecule has 0 saturated carbocycles. The first-order valence-corrected chi connectivity index (χ1v) is 6.45. The van der Waals surface area contributed by atoms with E-state index in [9.17, 15) is 0 Å². The van der Waals surface area contributed by atoms with Crippen molar-refractivity contribution in [1.82, 2.24) is 24.8 Å². The van der Waals surface area contributed by atoms with Crippen LogP contribution in [0.25, 0.3) is 5.69 Å². The molecule has 0 bridgehead atoms. The Labute approximate surface area is 117 Å². The van der Waals surface area contributed by atoms with Crippen LogP contribution >= 0.6 is 0 Å². The molecule has 0 aliphatic rings. The first-order valence-electron chi connectivity index (χ1n) is 6.45. The summed E-state index contributed by atoms with van der Waals surface area (Å²) in [5.74, 6) is 0. The van der Waals surface area contributed by atoms with E-state index in [0.717, 1.165) is 17.1 Å². The Balaban J connectivity index is 1.74. The molecule has 6 nitrogen and oxygen atoms in total. The molecule has 0 aliphatic carbocycles. The van der Waals surface area contributed by atoms with Crippen LogP contribution in [0, 0.1) is 0 Å². The van der Waals surface area contributed by atoms with Gasteiger partial charge < -0.3 is 5.32 Å². The van der Waals surface area contributed by atoms with Crippen molar-refractivity contribution in [2.75, 3.05) is 5.32 Å². The van der Waals surface area contributed by atoms with Crippen molar-refractivity contribution >= 4 is 5.69 Å². The number of aryl methyl sites for hydroxylation is 1. The summed E-state index contributed by atoms with van der Waals surface area (Å²) in [6.45, 7) is 2.11. The number of anilines is 1. The second-order valence-electron chi connectivity index (χ2n) is 4.61. The van der Waals surface area contributed by atoms with E-state index in [2.05, 4.69) is 27.5 Å². The number of nitrogens with zero attached hydrogens (tertiary/aromatic N) is 5. The number of hydrogen-bond acceptors (Lipinski definition) is 4. The minimum Gasteiger partial charge on any atom is -0.377 e. The molecule has 3 rings (SSSR count). The van der Waals surface area contributed by atoms with Crippen molar-refractivity contribution in [3.63, 3.8) is 0 Å². The highest BCUT2D eigenvalue weighted by molar-refractivity contribution is 5.49. The van der Waals surface area contributed by atoms with Crippen LogP contribution in [0.5, 0.6) is 0 Å². The van der Waals surface area contributed by atoms with E-state index in [1.54, 1.807) is 23.4 Å². The molecule has 0 saturated heterocycles. The molecule has 2 heterocycles. The number of nitrogens with one attached hydrogen (secondary N) is 1. The minimum absolute atomic E-state index is 0.191. The Morgan fingerprint density at radius 3 is 2.25 bits per heavy atom. The third kappa shape index (κ3) is 2.40. The van der Waals surface area contributed by atoms with Crippen molar-refractivity contribution in [3.8, 4) is 5.69 Å². The molecule has 0 fully saturated rings. The van der Waals surface area contributed by atoms with Gasteiger partial charge >= 0.3 is 0 Å². The lowest BCUT2D eigenvalue weighted by Gasteiger charge is -2.15. The molecule has 20 heavy (non-hydrogen) atoms. The van der Waals surface area contributed by atoms with Crippen molar-refractivity contribution in [1.29, 1.82) is 0 Å². The summed E-state index contributed by atoms with van der Waals surface area (Å²) in [5, 5.41) is 15.8. The lowest BCUT2D eigenvalue weighted by molar-refractivity contribution is 0.675. The molecule has 2 aromatic heterocycles. The van der Waals surface area contributed by atoms with E-state index >= 15 is 0 Å². The normalized spacial score (nSPS) is 12.3. The van der Waals surface area contributed by atoms with Crippen LogP contribution in [-0.2, 0) is 7.05 Å². The molecule has 0 aliphatic heterocycles. The van der Waals surface area contributed by atoms with Gasteiger partial charge in [-0.15, -0.1) is 0 Å². The third-order valence-corrected chi connectivity index (χ3v) is 3.20. The maximum absolute atomic E-state index is 4.18. The predicted octanol–water partition coefficient (Wildman–Crippen LogP) is 2.17. The fraction of sp³-hybridized carbons (Fsp3) is 0.214. The maximum atomic E-state index is 4.18. The molecule has 1 aromatic carbocycles. The van der Waals surface area contributed by atoms with Gasteiger partial charge in [0.2, 0.25) is 0 Å². The predicted molar refractivity (Wildman–Crippen MR) is 76.6 cm³/mol. The standard InChI is InChI=1S/C14H16N6/c1-11(14-7-8-15-19(14)2)18-12-3-5-13(6-4-12)20-16-9-10-17-20/h3-11,18H,1-2H3. The molecule has 3 aromatic rings. The fourth-order valence-electron chi connectivity index (χ4n) is 2.17. The average Bonchev–Trinajstić information content (AvgIpc) is 3.10. The summed E-state index contributed by atoms with van der Waals surface area (Å²) in [6, 6.07) is 10.2. The first-order chi connectivity index (χ1) is 9.74. The van der Waals surface area contributed by atoms with Gasteiger partial charge in [-0.25, -0.2) is 0 Å². The summed E-state index contributed by atoms with van der Waals surface area (Å²) in [7, 11) is 1.94. The van der Waals surface area contributed by atoms with Crippen LogP contribution in [-0.4, -0.2) is 24.8 Å². The zero-order valence-electron chi connectivity index (χ0n) is 11.4. The van der Waals surface area contributed by atoms with Crippen molar-refractivity contribution in [2.45, 2.75) is 13.0 Å². The fourth-order valence-corrected chi connectivity index (χ4v) is 2.17. The highest BCUT2D eigenvalue weighted by Crippen LogP contribution is 2.19. The van der Waals surface area contributed by atoms with E-state index in [1.165, 1.54) is 0 Å². The van der Waals surface area contributed by atoms with Crippen LogP contribution < -0.4 is 5.32 Å². The summed E-state index contributed by atoms with van der Waals surface area (Å²) in [4.78, 5) is 1.59. The van der Waals surface area contributed by atoms with Gasteiger partial charge in [0, 0.05) is 18.9 Å². The van der Waals surface area contributed by atoms with E-state index in [1.807, 2.05) is 42.1 Å². The Bertz CT molecular complexity index is 668. The summed E-state index contributed by atoms with van der Waals surface area (Å²) < 4.78 is 1.87. The molecule has 1 unspecified atom stereocenters. The average molecular weight is 268 g/mol. The molecule has 1 atom stereocenters. The van der Waals surface area contributed by atoms with Gasteiger partial charge in [-0.05, 0) is 37.3 Å². The van der Waals surface area contributed by atoms with E-state index in [-0.39, 0.29) is 6.04 Å². The van der Waals surface area contributed by atoms with Crippen LogP contribution in [0.3, 0.4) is 0 Å². The number of hydrogen-bond donors (Lipinski definition) is 1. The van der Waals surface area contributed by atoms with Crippen molar-refractivity contribution in [2.24, 2.45) is 7.05 Å². The largest absolute Gasteiger partial charge is 0.377 e. The third-order valence-electron chi connectivity index (χ3n) is 3.20. The Morgan fingerprint density at radius 2 is 1.65 bits per heavy atom. The lowest BCUT2D eigenvalue weighted by atomic mass is 10.2. The highest BCUT2D eigenvalue weighted by Gasteiger charge is 2.09. The Hall–Kier alpha value is -2.63. The first kappa shape index (κ1) is 12.4. The highest BCUT2D eigenvalue weighted by atomic mass is 15.5. The molecule has 0 spiro atoms. The Kier molecular flexibility index (Phi) is 3.20. The molecular weight excluding hydrogens is 252 g/mol. The van der Waals surface area contributed by atoms with E-state index < -0.39 is 0 Å². The van der Waals surface area contributed by atoms with Crippen LogP contribution in [0.4, 0.5) is 5.69 Å². The quantitative estimate of drug-likeness (QED) is 0.787. The van der Waals surface area contributed by atoms with Gasteiger partial charge in [0.05, 0.1) is 29.8 Å². The smallest absolute Gasteiger partial charge is 0.0858 e. The summed E-state index contributed by atoms with van der Waals surface area (Å²) in [6.07, 6.45) is 5.13. The van der Waals surface area contributed by atoms with Crippen molar-refractivity contribution in [3.05, 3.63) is 54.6 Å².